The smallest absolute Gasteiger partial charge is 0.410 e. The molecule has 3 aromatic carbocycles. The minimum absolute atomic E-state index is 0.0711. The van der Waals surface area contributed by atoms with Gasteiger partial charge >= 0.3 is 18.3 Å². The first kappa shape index (κ1) is 74.6. The summed E-state index contributed by atoms with van der Waals surface area (Å²) in [6, 6.07) is 39.2. The molecular weight excluding hydrogens is 1280 g/mol. The fraction of sp³-hybridized carbons (Fsp3) is 0.408. The van der Waals surface area contributed by atoms with E-state index in [-0.39, 0.29) is 79.7 Å². The second-order valence-corrected chi connectivity index (χ2v) is 27.5. The second kappa shape index (κ2) is 29.9. The Bertz CT molecular complexity index is 3740. The molecule has 0 saturated carbocycles. The molecule has 494 valence electrons. The van der Waals surface area contributed by atoms with E-state index in [0.29, 0.717) is 48.5 Å². The molecular formula is C71H72Cl3N15O7. The van der Waals surface area contributed by atoms with Crippen molar-refractivity contribution >= 4 is 53.1 Å². The molecule has 3 heterocycles. The van der Waals surface area contributed by atoms with Crippen LogP contribution in [0.25, 0.3) is 0 Å². The van der Waals surface area contributed by atoms with E-state index in [1.54, 1.807) is 160 Å². The molecule has 96 heavy (non-hydrogen) atoms. The predicted molar refractivity (Wildman–Crippen MR) is 355 cm³/mol. The average Bonchev–Trinajstić information content (AvgIpc) is 0.739. The van der Waals surface area contributed by atoms with Gasteiger partial charge in [-0.3, -0.25) is 0 Å². The molecule has 0 spiro atoms. The van der Waals surface area contributed by atoms with E-state index in [1.807, 2.05) is 0 Å². The maximum atomic E-state index is 12.7. The van der Waals surface area contributed by atoms with Crippen LogP contribution in [-0.4, -0.2) is 101 Å². The van der Waals surface area contributed by atoms with Crippen molar-refractivity contribution in [3.63, 3.8) is 0 Å². The number of halogens is 3. The first-order valence-electron chi connectivity index (χ1n) is 30.3. The van der Waals surface area contributed by atoms with Crippen molar-refractivity contribution in [3.05, 3.63) is 173 Å². The van der Waals surface area contributed by atoms with Crippen LogP contribution in [0.5, 0.6) is 0 Å². The Kier molecular flexibility index (Phi) is 23.2. The summed E-state index contributed by atoms with van der Waals surface area (Å²) in [6.45, 7) is 19.1. The van der Waals surface area contributed by atoms with Gasteiger partial charge in [0, 0.05) is 96.5 Å². The molecule has 22 nitrogen and oxygen atoms in total. The molecule has 3 aliphatic heterocycles. The molecule has 9 rings (SSSR count). The summed E-state index contributed by atoms with van der Waals surface area (Å²) in [4.78, 5) is 42.7. The number of carbonyl (C=O) groups is 3. The fourth-order valence-electron chi connectivity index (χ4n) is 12.7. The van der Waals surface area contributed by atoms with Crippen molar-refractivity contribution in [2.75, 3.05) is 45.9 Å². The minimum atomic E-state index is -1.78. The van der Waals surface area contributed by atoms with Crippen molar-refractivity contribution in [1.29, 1.82) is 47.4 Å². The number of amides is 3. The Hall–Kier alpha value is -10.5. The van der Waals surface area contributed by atoms with E-state index in [0.717, 1.165) is 0 Å². The number of fused-ring (bicyclic) bond motifs is 3. The zero-order valence-electron chi connectivity index (χ0n) is 54.7. The fourth-order valence-corrected chi connectivity index (χ4v) is 13.3. The third kappa shape index (κ3) is 15.2. The molecule has 3 aliphatic carbocycles. The number of allylic oxidation sites excluding steroid dienone is 6. The van der Waals surface area contributed by atoms with Crippen LogP contribution in [0.2, 0.25) is 15.1 Å². The Morgan fingerprint density at radius 1 is 0.469 bits per heavy atom. The lowest BCUT2D eigenvalue weighted by molar-refractivity contribution is 0.0214. The van der Waals surface area contributed by atoms with Crippen LogP contribution >= 0.6 is 34.8 Å². The highest BCUT2D eigenvalue weighted by Crippen LogP contribution is 2.57. The Morgan fingerprint density at radius 3 is 0.865 bits per heavy atom. The summed E-state index contributed by atoms with van der Waals surface area (Å²) >= 11 is 18.6. The largest absolute Gasteiger partial charge is 0.444 e. The summed E-state index contributed by atoms with van der Waals surface area (Å²) in [5.74, 6) is -3.72. The molecule has 3 amide bonds. The number of aliphatic hydroxyl groups excluding tert-OH is 1. The normalized spacial score (nSPS) is 21.8. The third-order valence-electron chi connectivity index (χ3n) is 16.6. The van der Waals surface area contributed by atoms with Gasteiger partial charge < -0.3 is 51.2 Å². The number of rotatable bonds is 3. The number of benzene rings is 3. The van der Waals surface area contributed by atoms with Crippen LogP contribution < -0.4 is 17.2 Å². The lowest BCUT2D eigenvalue weighted by atomic mass is 9.58. The molecule has 0 aromatic heterocycles. The Balaban J connectivity index is 0.000000223. The van der Waals surface area contributed by atoms with Gasteiger partial charge in [0.2, 0.25) is 0 Å². The zero-order chi connectivity index (χ0) is 71.6. The van der Waals surface area contributed by atoms with Gasteiger partial charge in [-0.2, -0.15) is 47.4 Å². The van der Waals surface area contributed by atoms with Crippen LogP contribution in [0.3, 0.4) is 0 Å². The first-order valence-corrected chi connectivity index (χ1v) is 31.4. The Labute approximate surface area is 574 Å². The highest BCUT2D eigenvalue weighted by Gasteiger charge is 2.58. The van der Waals surface area contributed by atoms with Crippen LogP contribution in [0, 0.1) is 136 Å². The van der Waals surface area contributed by atoms with E-state index < -0.39 is 86.8 Å². The van der Waals surface area contributed by atoms with Gasteiger partial charge in [-0.05, 0) is 139 Å². The van der Waals surface area contributed by atoms with Crippen molar-refractivity contribution in [2.45, 2.75) is 104 Å². The number of nitrogens with zero attached hydrogens (tertiary/aromatic N) is 12. The molecule has 0 bridgehead atoms. The first-order chi connectivity index (χ1) is 45.1. The highest BCUT2D eigenvalue weighted by atomic mass is 35.5. The van der Waals surface area contributed by atoms with Crippen molar-refractivity contribution in [2.24, 2.45) is 51.2 Å². The summed E-state index contributed by atoms with van der Waals surface area (Å²) < 4.78 is 16.5. The van der Waals surface area contributed by atoms with E-state index in [4.69, 9.17) is 71.3 Å². The standard InChI is InChI=1S/3C23H22ClN5O2.C2H6O/c3*1-22(2,3)31-21(30)29-8-7-16-17(10-25)20(28)23(12-26,13-27)19(18(16)11-29)14-5-4-6-15(24)9-14;1-2-3/h3*4-7,9,18-19H,8,11,28H2,1-3H3;3H,2H2,1H3. The van der Waals surface area contributed by atoms with Crippen LogP contribution in [0.15, 0.2) is 142 Å². The SMILES string of the molecule is CC(C)(C)OC(=O)N1CC=C2C(C#N)=C(N)C(C#N)(C#N)C(c3cccc(Cl)c3)C2C1.CC(C)(C)OC(=O)N1CC=C2C(C#N)=C(N)C(C#N)(C#N)C(c3cccc(Cl)c3)C2C1.CC(C)(C)OC(=O)N1CC=C2C(C#N)=C(N)C(C#N)(C#N)C(c3cccc(Cl)c3)C2C1.CCO. The molecule has 6 unspecified atom stereocenters. The number of hydrogen-bond acceptors (Lipinski definition) is 19. The van der Waals surface area contributed by atoms with Crippen LogP contribution in [0.4, 0.5) is 14.4 Å². The van der Waals surface area contributed by atoms with E-state index in [9.17, 15) is 61.7 Å². The van der Waals surface area contributed by atoms with Gasteiger partial charge in [0.15, 0.2) is 16.2 Å². The van der Waals surface area contributed by atoms with Gasteiger partial charge in [-0.25, -0.2) is 14.4 Å². The van der Waals surface area contributed by atoms with Crippen LogP contribution in [0.1, 0.15) is 104 Å². The molecule has 0 saturated heterocycles. The van der Waals surface area contributed by atoms with E-state index in [2.05, 4.69) is 54.6 Å². The number of nitriles is 9. The van der Waals surface area contributed by atoms with E-state index >= 15 is 0 Å². The number of carbonyl (C=O) groups excluding carboxylic acids is 3. The minimum Gasteiger partial charge on any atom is -0.444 e. The number of hydrogen-bond donors (Lipinski definition) is 4. The zero-order valence-corrected chi connectivity index (χ0v) is 57.0. The summed E-state index contributed by atoms with van der Waals surface area (Å²) in [5, 5.41) is 98.8. The average molecular weight is 1350 g/mol. The lowest BCUT2D eigenvalue weighted by Gasteiger charge is -2.45. The topological polar surface area (TPSA) is 401 Å². The lowest BCUT2D eigenvalue weighted by Crippen LogP contribution is -2.50. The molecule has 3 aromatic rings. The number of ether oxygens (including phenoxy) is 3. The third-order valence-corrected chi connectivity index (χ3v) is 17.3. The molecule has 0 fully saturated rings. The molecule has 6 atom stereocenters. The number of nitrogens with two attached hydrogens (primary N) is 3. The quantitative estimate of drug-likeness (QED) is 0.177. The maximum Gasteiger partial charge on any atom is 0.410 e. The van der Waals surface area contributed by atoms with Gasteiger partial charge in [-0.1, -0.05) is 89.4 Å². The van der Waals surface area contributed by atoms with Crippen molar-refractivity contribution in [1.82, 2.24) is 14.7 Å². The van der Waals surface area contributed by atoms with Crippen molar-refractivity contribution < 1.29 is 33.7 Å². The van der Waals surface area contributed by atoms with Gasteiger partial charge in [0.05, 0.1) is 70.2 Å². The van der Waals surface area contributed by atoms with Gasteiger partial charge in [0.25, 0.3) is 0 Å². The molecule has 6 aliphatic rings. The number of aliphatic hydroxyl groups is 1. The van der Waals surface area contributed by atoms with Gasteiger partial charge in [-0.15, -0.1) is 0 Å². The van der Waals surface area contributed by atoms with Crippen LogP contribution in [-0.2, 0) is 14.2 Å². The van der Waals surface area contributed by atoms with Crippen molar-refractivity contribution in [3.8, 4) is 54.6 Å². The van der Waals surface area contributed by atoms with Gasteiger partial charge in [0.1, 0.15) is 35.0 Å². The highest BCUT2D eigenvalue weighted by molar-refractivity contribution is 6.31. The summed E-state index contributed by atoms with van der Waals surface area (Å²) in [5.41, 5.74) is 15.4. The summed E-state index contributed by atoms with van der Waals surface area (Å²) in [6.07, 6.45) is 3.73. The predicted octanol–water partition coefficient (Wildman–Crippen LogP) is 12.0. The molecule has 7 N–H and O–H groups in total. The summed E-state index contributed by atoms with van der Waals surface area (Å²) in [7, 11) is 0. The Morgan fingerprint density at radius 2 is 0.688 bits per heavy atom. The monoisotopic (exact) mass is 1350 g/mol. The maximum absolute atomic E-state index is 12.7. The molecule has 25 heteroatoms. The molecule has 0 radical (unpaired) electrons. The van der Waals surface area contributed by atoms with E-state index in [1.165, 1.54) is 14.7 Å². The second-order valence-electron chi connectivity index (χ2n) is 26.2.